The van der Waals surface area contributed by atoms with Gasteiger partial charge in [-0.3, -0.25) is 38.4 Å². The van der Waals surface area contributed by atoms with Crippen molar-refractivity contribution in [3.05, 3.63) is 108 Å². The summed E-state index contributed by atoms with van der Waals surface area (Å²) in [6, 6.07) is 20.7. The number of esters is 1. The van der Waals surface area contributed by atoms with Gasteiger partial charge in [-0.15, -0.1) is 0 Å². The predicted octanol–water partition coefficient (Wildman–Crippen LogP) is 7.19. The third-order valence-electron chi connectivity index (χ3n) is 18.0. The van der Waals surface area contributed by atoms with Crippen molar-refractivity contribution in [1.29, 1.82) is 0 Å². The topological polar surface area (TPSA) is 235 Å². The number of benzene rings is 4. The molecule has 19 nitrogen and oxygen atoms in total. The lowest BCUT2D eigenvalue weighted by molar-refractivity contribution is -0.177. The summed E-state index contributed by atoms with van der Waals surface area (Å²) in [5.41, 5.74) is 1.21. The third-order valence-corrected chi connectivity index (χ3v) is 18.0. The van der Waals surface area contributed by atoms with Gasteiger partial charge in [0, 0.05) is 53.5 Å². The van der Waals surface area contributed by atoms with E-state index in [1.807, 2.05) is 107 Å². The van der Waals surface area contributed by atoms with Gasteiger partial charge >= 0.3 is 5.97 Å². The largest absolute Gasteiger partial charge is 0.450 e. The summed E-state index contributed by atoms with van der Waals surface area (Å²) in [6.07, 6.45) is -0.0656. The number of ether oxygens (including phenoxy) is 1. The zero-order valence-corrected chi connectivity index (χ0v) is 55.2. The Hall–Kier alpha value is -7.67. The van der Waals surface area contributed by atoms with Crippen molar-refractivity contribution in [1.82, 2.24) is 40.4 Å². The molecule has 2 fully saturated rings. The van der Waals surface area contributed by atoms with E-state index in [0.29, 0.717) is 30.4 Å². The molecule has 0 bridgehead atoms. The van der Waals surface area contributed by atoms with E-state index in [1.165, 1.54) is 61.6 Å². The predicted molar refractivity (Wildman–Crippen MR) is 344 cm³/mol. The molecule has 2 heterocycles. The van der Waals surface area contributed by atoms with E-state index in [0.717, 1.165) is 26.8 Å². The van der Waals surface area contributed by atoms with Crippen LogP contribution in [0.3, 0.4) is 0 Å². The first kappa shape index (κ1) is 70.4. The molecular formula is C70H98N8O11. The quantitative estimate of drug-likeness (QED) is 0.0923. The molecule has 4 aromatic rings. The standard InChI is InChI=1S/C70H98N8O11/c1-17-44(9)56-67(85)75(14)57(42(5)6)62(80)71-52(36-41(3)4)65(83)77(16)60(70(11,12)88)69(87)89-59(45(10)18-2)68(86)76(15)58(43(7)8)63(81)72-53(38-46-26-20-19-21-27-46)64(82)74(13)55(66(84)78-35-25-32-54(78)61(79)73-56)39-47-28-24-31-49(37-47)51-34-33-48-29-22-23-30-50(48)40-51/h19-24,26-31,33-34,37,40-45,52-60,88H,17-18,25,32,35-36,38-39H2,1-16H3,(H,71,80)(H,72,81)(H,73,79)/t44-,45-,52-,53-,54-,55-,56-,57-,58-,59+,60+/m0/s1. The highest BCUT2D eigenvalue weighted by atomic mass is 16.6. The number of hydrogen-bond acceptors (Lipinski definition) is 11. The van der Waals surface area contributed by atoms with Crippen molar-refractivity contribution in [3.63, 3.8) is 0 Å². The van der Waals surface area contributed by atoms with Gasteiger partial charge in [0.25, 0.3) is 5.91 Å². The fourth-order valence-electron chi connectivity index (χ4n) is 12.6. The van der Waals surface area contributed by atoms with Gasteiger partial charge in [0.2, 0.25) is 41.4 Å². The van der Waals surface area contributed by atoms with Crippen LogP contribution in [-0.4, -0.2) is 178 Å². The van der Waals surface area contributed by atoms with Crippen LogP contribution < -0.4 is 16.0 Å². The number of amides is 8. The molecule has 2 aliphatic rings. The Morgan fingerprint density at radius 2 is 1.10 bits per heavy atom. The fourth-order valence-corrected chi connectivity index (χ4v) is 12.6. The first-order valence-corrected chi connectivity index (χ1v) is 31.7. The van der Waals surface area contributed by atoms with Crippen LogP contribution in [0.25, 0.3) is 21.9 Å². The van der Waals surface area contributed by atoms with Crippen LogP contribution in [0.5, 0.6) is 0 Å². The lowest BCUT2D eigenvalue weighted by Gasteiger charge is -2.39. The van der Waals surface area contributed by atoms with Crippen LogP contribution in [0.1, 0.15) is 126 Å². The van der Waals surface area contributed by atoms with Crippen molar-refractivity contribution in [2.45, 2.75) is 188 Å². The van der Waals surface area contributed by atoms with Gasteiger partial charge in [-0.2, -0.15) is 0 Å². The summed E-state index contributed by atoms with van der Waals surface area (Å²) in [5, 5.41) is 22.8. The Bertz CT molecular complexity index is 3160. The number of aliphatic hydroxyl groups is 1. The van der Waals surface area contributed by atoms with Gasteiger partial charge in [0.1, 0.15) is 42.3 Å². The van der Waals surface area contributed by atoms with Crippen LogP contribution >= 0.6 is 0 Å². The molecule has 19 heteroatoms. The molecule has 89 heavy (non-hydrogen) atoms. The fraction of sp³-hybridized carbons (Fsp3) is 0.557. The highest BCUT2D eigenvalue weighted by Gasteiger charge is 2.48. The number of cyclic esters (lactones) is 1. The first-order chi connectivity index (χ1) is 41.9. The SMILES string of the molecule is CC[C@H](C)[C@@H]1NC(=O)[C@@H]2CCCN2C(=O)[C@H](Cc2cccc(-c3ccc4ccccc4c3)c2)N(C)C(=O)[C@H](Cc2ccccc2)NC(=O)[C@H](C(C)C)N(C)C(=O)[C@@H]([C@@H](C)CC)OC(=O)[C@H](C(C)(C)O)N(C)C(=O)[C@H](CC(C)C)NC(=O)[C@H](C(C)C)N(C)C1=O. The van der Waals surface area contributed by atoms with E-state index in [-0.39, 0.29) is 38.1 Å². The van der Waals surface area contributed by atoms with E-state index in [2.05, 4.69) is 22.0 Å². The Kier molecular flexibility index (Phi) is 24.3. The molecule has 0 spiro atoms. The van der Waals surface area contributed by atoms with E-state index in [9.17, 15) is 19.5 Å². The highest BCUT2D eigenvalue weighted by Crippen LogP contribution is 2.30. The Balaban J connectivity index is 1.52. The highest BCUT2D eigenvalue weighted by molar-refractivity contribution is 5.99. The maximum Gasteiger partial charge on any atom is 0.332 e. The minimum absolute atomic E-state index is 0.00786. The summed E-state index contributed by atoms with van der Waals surface area (Å²) >= 11 is 0. The number of fused-ring (bicyclic) bond motifs is 2. The molecule has 6 rings (SSSR count). The van der Waals surface area contributed by atoms with Gasteiger partial charge in [0.15, 0.2) is 12.1 Å². The molecule has 0 radical (unpaired) electrons. The van der Waals surface area contributed by atoms with Gasteiger partial charge in [0.05, 0.1) is 5.60 Å². The Morgan fingerprint density at radius 3 is 1.69 bits per heavy atom. The maximum atomic E-state index is 15.8. The van der Waals surface area contributed by atoms with Crippen molar-refractivity contribution in [3.8, 4) is 11.1 Å². The number of hydrogen-bond donors (Lipinski definition) is 4. The Labute approximate surface area is 527 Å². The first-order valence-electron chi connectivity index (χ1n) is 31.7. The average Bonchev–Trinajstić information content (AvgIpc) is 2.39. The zero-order valence-electron chi connectivity index (χ0n) is 55.2. The number of likely N-dealkylation sites (N-methyl/N-ethyl adjacent to an activating group) is 4. The number of rotatable bonds is 14. The van der Waals surface area contributed by atoms with Crippen molar-refractivity contribution in [2.24, 2.45) is 29.6 Å². The van der Waals surface area contributed by atoms with Crippen molar-refractivity contribution >= 4 is 64.0 Å². The van der Waals surface area contributed by atoms with Gasteiger partial charge in [-0.1, -0.05) is 167 Å². The number of nitrogens with one attached hydrogen (secondary N) is 3. The lowest BCUT2D eigenvalue weighted by Crippen LogP contribution is -2.63. The van der Waals surface area contributed by atoms with Crippen LogP contribution in [0.2, 0.25) is 0 Å². The number of carbonyl (C=O) groups is 9. The third kappa shape index (κ3) is 17.0. The maximum absolute atomic E-state index is 15.8. The van der Waals surface area contributed by atoms with Crippen LogP contribution in [0.4, 0.5) is 0 Å². The van der Waals surface area contributed by atoms with E-state index >= 15 is 28.8 Å². The minimum Gasteiger partial charge on any atom is -0.450 e. The number of nitrogens with zero attached hydrogens (tertiary/aromatic N) is 5. The van der Waals surface area contributed by atoms with Crippen LogP contribution in [0, 0.1) is 29.6 Å². The van der Waals surface area contributed by atoms with E-state index in [4.69, 9.17) is 4.74 Å². The van der Waals surface area contributed by atoms with E-state index < -0.39 is 137 Å². The molecular weight excluding hydrogens is 1130 g/mol. The summed E-state index contributed by atoms with van der Waals surface area (Å²) in [4.78, 5) is 143. The zero-order chi connectivity index (χ0) is 65.9. The smallest absolute Gasteiger partial charge is 0.332 e. The molecule has 4 aromatic carbocycles. The molecule has 4 N–H and O–H groups in total. The molecule has 0 unspecified atom stereocenters. The second-order valence-corrected chi connectivity index (χ2v) is 26.5. The van der Waals surface area contributed by atoms with Crippen molar-refractivity contribution < 1.29 is 53.0 Å². The van der Waals surface area contributed by atoms with Crippen molar-refractivity contribution in [2.75, 3.05) is 34.7 Å². The van der Waals surface area contributed by atoms with E-state index in [1.54, 1.807) is 53.7 Å². The monoisotopic (exact) mass is 1230 g/mol. The number of carbonyl (C=O) groups excluding carboxylic acids is 9. The summed E-state index contributed by atoms with van der Waals surface area (Å²) in [5.74, 6) is -8.81. The van der Waals surface area contributed by atoms with Gasteiger partial charge in [-0.25, -0.2) is 4.79 Å². The molecule has 2 aliphatic heterocycles. The summed E-state index contributed by atoms with van der Waals surface area (Å²) in [6.45, 7) is 20.7. The molecule has 0 aliphatic carbocycles. The average molecular weight is 1230 g/mol. The van der Waals surface area contributed by atoms with Crippen LogP contribution in [0.15, 0.2) is 97.1 Å². The molecule has 8 amide bonds. The van der Waals surface area contributed by atoms with Crippen LogP contribution in [-0.2, 0) is 60.7 Å². The molecule has 0 saturated carbocycles. The summed E-state index contributed by atoms with van der Waals surface area (Å²) < 4.78 is 6.14. The summed E-state index contributed by atoms with van der Waals surface area (Å²) in [7, 11) is 5.70. The molecule has 2 saturated heterocycles. The van der Waals surface area contributed by atoms with Gasteiger partial charge < -0.3 is 50.3 Å². The minimum atomic E-state index is -1.98. The second-order valence-electron chi connectivity index (χ2n) is 26.5. The normalized spacial score (nSPS) is 24.9. The van der Waals surface area contributed by atoms with Gasteiger partial charge in [-0.05, 0) is 102 Å². The lowest BCUT2D eigenvalue weighted by atomic mass is 9.93. The Morgan fingerprint density at radius 1 is 0.551 bits per heavy atom. The second kappa shape index (κ2) is 30.7. The molecule has 484 valence electrons. The molecule has 0 aromatic heterocycles. The molecule has 11 atom stereocenters.